The average Bonchev–Trinajstić information content (AvgIpc) is 2.37. The lowest BCUT2D eigenvalue weighted by Gasteiger charge is -2.13. The Labute approximate surface area is 108 Å². The van der Waals surface area contributed by atoms with E-state index in [0.717, 1.165) is 6.07 Å². The monoisotopic (exact) mass is 270 g/mol. The van der Waals surface area contributed by atoms with E-state index < -0.39 is 23.5 Å². The van der Waals surface area contributed by atoms with Crippen molar-refractivity contribution in [1.29, 1.82) is 0 Å². The first-order valence-corrected chi connectivity index (χ1v) is 5.29. The molecule has 1 heterocycles. The molecule has 0 fully saturated rings. The van der Waals surface area contributed by atoms with Crippen LogP contribution in [0.1, 0.15) is 12.5 Å². The molecule has 0 amide bonds. The van der Waals surface area contributed by atoms with Crippen molar-refractivity contribution in [3.8, 4) is 0 Å². The van der Waals surface area contributed by atoms with E-state index in [1.807, 2.05) is 0 Å². The van der Waals surface area contributed by atoms with Crippen LogP contribution in [-0.4, -0.2) is 34.1 Å². The molecular weight excluding hydrogens is 256 g/mol. The summed E-state index contributed by atoms with van der Waals surface area (Å²) in [5.74, 6) is -0.800. The molecule has 0 aliphatic heterocycles. The number of aromatic nitrogens is 1. The van der Waals surface area contributed by atoms with Crippen LogP contribution in [0, 0.1) is 10.1 Å². The third kappa shape index (κ3) is 3.28. The van der Waals surface area contributed by atoms with Gasteiger partial charge in [-0.3, -0.25) is 10.1 Å². The number of carbonyl (C=O) groups is 1. The number of ether oxygens (including phenoxy) is 1. The van der Waals surface area contributed by atoms with E-state index in [-0.39, 0.29) is 22.9 Å². The molecule has 1 atom stereocenters. The third-order valence-corrected chi connectivity index (χ3v) is 2.39. The van der Waals surface area contributed by atoms with Crippen LogP contribution in [-0.2, 0) is 16.1 Å². The third-order valence-electron chi connectivity index (χ3n) is 2.39. The summed E-state index contributed by atoms with van der Waals surface area (Å²) in [6, 6.07) is 0.282. The number of nitrogens with two attached hydrogens (primary N) is 1. The number of aliphatic hydroxyl groups excluding tert-OH is 1. The molecule has 9 heteroatoms. The van der Waals surface area contributed by atoms with E-state index in [1.165, 1.54) is 14.0 Å². The fourth-order valence-corrected chi connectivity index (χ4v) is 1.37. The molecule has 0 saturated heterocycles. The van der Waals surface area contributed by atoms with Gasteiger partial charge in [0, 0.05) is 11.6 Å². The van der Waals surface area contributed by atoms with Gasteiger partial charge in [-0.25, -0.2) is 9.78 Å². The van der Waals surface area contributed by atoms with E-state index in [9.17, 15) is 14.9 Å². The lowest BCUT2D eigenvalue weighted by atomic mass is 10.2. The zero-order valence-corrected chi connectivity index (χ0v) is 10.4. The number of esters is 1. The average molecular weight is 270 g/mol. The number of hydrogen-bond acceptors (Lipinski definition) is 8. The van der Waals surface area contributed by atoms with Crippen molar-refractivity contribution in [3.05, 3.63) is 21.7 Å². The largest absolute Gasteiger partial charge is 0.467 e. The molecule has 1 rings (SSSR count). The minimum atomic E-state index is -0.824. The molecule has 0 unspecified atom stereocenters. The first kappa shape index (κ1) is 14.6. The van der Waals surface area contributed by atoms with Gasteiger partial charge >= 0.3 is 11.7 Å². The second-order valence-electron chi connectivity index (χ2n) is 3.70. The van der Waals surface area contributed by atoms with E-state index in [1.54, 1.807) is 0 Å². The number of pyridine rings is 1. The van der Waals surface area contributed by atoms with Crippen molar-refractivity contribution < 1.29 is 19.6 Å². The highest BCUT2D eigenvalue weighted by molar-refractivity contribution is 5.79. The molecule has 0 aromatic carbocycles. The molecule has 1 aromatic rings. The van der Waals surface area contributed by atoms with Gasteiger partial charge in [0.05, 0.1) is 18.6 Å². The van der Waals surface area contributed by atoms with E-state index in [2.05, 4.69) is 15.0 Å². The van der Waals surface area contributed by atoms with Crippen LogP contribution in [0.25, 0.3) is 0 Å². The molecule has 104 valence electrons. The topological polar surface area (TPSA) is 141 Å². The van der Waals surface area contributed by atoms with E-state index in [0.29, 0.717) is 0 Å². The van der Waals surface area contributed by atoms with Crippen molar-refractivity contribution in [3.63, 3.8) is 0 Å². The van der Waals surface area contributed by atoms with Gasteiger partial charge in [0.15, 0.2) is 0 Å². The predicted octanol–water partition coefficient (Wildman–Crippen LogP) is 0.0377. The first-order valence-electron chi connectivity index (χ1n) is 5.29. The summed E-state index contributed by atoms with van der Waals surface area (Å²) < 4.78 is 4.49. The van der Waals surface area contributed by atoms with Gasteiger partial charge in [-0.15, -0.1) is 0 Å². The fourth-order valence-electron chi connectivity index (χ4n) is 1.37. The standard InChI is InChI=1S/C10H14N4O5/c1-5(10(16)19-2)12-9-7(14(17)18)3-6(4-15)8(11)13-9/h3,5,15H,4H2,1-2H3,(H3,11,12,13)/t5-/m0/s1. The molecular formula is C10H14N4O5. The van der Waals surface area contributed by atoms with Gasteiger partial charge in [-0.05, 0) is 6.92 Å². The molecule has 4 N–H and O–H groups in total. The maximum Gasteiger partial charge on any atom is 0.328 e. The van der Waals surface area contributed by atoms with Gasteiger partial charge in [0.25, 0.3) is 0 Å². The molecule has 0 bridgehead atoms. The number of nitro groups is 1. The van der Waals surface area contributed by atoms with Crippen LogP contribution in [0.15, 0.2) is 6.07 Å². The summed E-state index contributed by atoms with van der Waals surface area (Å²) in [7, 11) is 1.20. The van der Waals surface area contributed by atoms with Crippen LogP contribution >= 0.6 is 0 Å². The maximum atomic E-state index is 11.3. The number of aliphatic hydroxyl groups is 1. The summed E-state index contributed by atoms with van der Waals surface area (Å²) in [6.07, 6.45) is 0. The highest BCUT2D eigenvalue weighted by atomic mass is 16.6. The SMILES string of the molecule is COC(=O)[C@H](C)Nc1nc(N)c(CO)cc1[N+](=O)[O-]. The smallest absolute Gasteiger partial charge is 0.328 e. The number of nitrogen functional groups attached to an aromatic ring is 1. The highest BCUT2D eigenvalue weighted by Crippen LogP contribution is 2.27. The maximum absolute atomic E-state index is 11.3. The van der Waals surface area contributed by atoms with Crippen LogP contribution in [0.4, 0.5) is 17.3 Å². The zero-order valence-electron chi connectivity index (χ0n) is 10.4. The van der Waals surface area contributed by atoms with Gasteiger partial charge in [-0.2, -0.15) is 0 Å². The Hall–Kier alpha value is -2.42. The number of anilines is 2. The summed E-state index contributed by atoms with van der Waals surface area (Å²) >= 11 is 0. The Balaban J connectivity index is 3.15. The van der Waals surface area contributed by atoms with Crippen molar-refractivity contribution in [2.75, 3.05) is 18.2 Å². The lowest BCUT2D eigenvalue weighted by Crippen LogP contribution is -2.28. The van der Waals surface area contributed by atoms with Crippen LogP contribution in [0.2, 0.25) is 0 Å². The molecule has 0 aliphatic carbocycles. The predicted molar refractivity (Wildman–Crippen MR) is 66.3 cm³/mol. The van der Waals surface area contributed by atoms with Crippen LogP contribution < -0.4 is 11.1 Å². The number of carbonyl (C=O) groups excluding carboxylic acids is 1. The molecule has 0 aliphatic rings. The number of nitrogens with zero attached hydrogens (tertiary/aromatic N) is 2. The van der Waals surface area contributed by atoms with Crippen molar-refractivity contribution in [2.24, 2.45) is 0 Å². The second kappa shape index (κ2) is 5.96. The lowest BCUT2D eigenvalue weighted by molar-refractivity contribution is -0.384. The molecule has 0 saturated carbocycles. The van der Waals surface area contributed by atoms with Crippen molar-refractivity contribution in [1.82, 2.24) is 4.98 Å². The van der Waals surface area contributed by atoms with Gasteiger partial charge in [-0.1, -0.05) is 0 Å². The van der Waals surface area contributed by atoms with Crippen molar-refractivity contribution >= 4 is 23.3 Å². The van der Waals surface area contributed by atoms with E-state index >= 15 is 0 Å². The Kier molecular flexibility index (Phi) is 4.59. The summed E-state index contributed by atoms with van der Waals surface area (Å²) in [4.78, 5) is 25.3. The first-order chi connectivity index (χ1) is 8.90. The minimum absolute atomic E-state index is 0.0485. The number of rotatable bonds is 5. The Morgan fingerprint density at radius 3 is 2.84 bits per heavy atom. The summed E-state index contributed by atoms with van der Waals surface area (Å²) in [6.45, 7) is 1.000. The molecule has 0 radical (unpaired) electrons. The molecule has 0 spiro atoms. The van der Waals surface area contributed by atoms with Crippen LogP contribution in [0.5, 0.6) is 0 Å². The van der Waals surface area contributed by atoms with Gasteiger partial charge < -0.3 is 20.9 Å². The molecule has 1 aromatic heterocycles. The number of nitrogens with one attached hydrogen (secondary N) is 1. The zero-order chi connectivity index (χ0) is 14.6. The van der Waals surface area contributed by atoms with Gasteiger partial charge in [0.2, 0.25) is 5.82 Å². The second-order valence-corrected chi connectivity index (χ2v) is 3.70. The summed E-state index contributed by atoms with van der Waals surface area (Å²) in [5.41, 5.74) is 5.30. The van der Waals surface area contributed by atoms with E-state index in [4.69, 9.17) is 10.8 Å². The Morgan fingerprint density at radius 1 is 1.74 bits per heavy atom. The Bertz CT molecular complexity index is 505. The summed E-state index contributed by atoms with van der Waals surface area (Å²) in [5, 5.41) is 22.4. The fraction of sp³-hybridized carbons (Fsp3) is 0.400. The minimum Gasteiger partial charge on any atom is -0.467 e. The highest BCUT2D eigenvalue weighted by Gasteiger charge is 2.22. The molecule has 9 nitrogen and oxygen atoms in total. The van der Waals surface area contributed by atoms with Gasteiger partial charge in [0.1, 0.15) is 11.9 Å². The van der Waals surface area contributed by atoms with Crippen LogP contribution in [0.3, 0.4) is 0 Å². The number of hydrogen-bond donors (Lipinski definition) is 3. The normalized spacial score (nSPS) is 11.7. The Morgan fingerprint density at radius 2 is 2.37 bits per heavy atom. The van der Waals surface area contributed by atoms with Crippen molar-refractivity contribution in [2.45, 2.75) is 19.6 Å². The molecule has 19 heavy (non-hydrogen) atoms. The number of methoxy groups -OCH3 is 1. The quantitative estimate of drug-likeness (QED) is 0.387.